The minimum atomic E-state index is -1.10. The van der Waals surface area contributed by atoms with Crippen molar-refractivity contribution in [3.05, 3.63) is 70.2 Å². The van der Waals surface area contributed by atoms with Gasteiger partial charge < -0.3 is 5.32 Å². The Hall–Kier alpha value is -1.94. The Kier molecular flexibility index (Phi) is 5.50. The number of hydrogen-bond acceptors (Lipinski definition) is 1. The minimum Gasteiger partial charge on any atom is -0.345 e. The van der Waals surface area contributed by atoms with E-state index < -0.39 is 17.5 Å². The van der Waals surface area contributed by atoms with Gasteiger partial charge in [0.15, 0.2) is 11.6 Å². The van der Waals surface area contributed by atoms with Crippen LogP contribution in [0.2, 0.25) is 5.02 Å². The van der Waals surface area contributed by atoms with Gasteiger partial charge in [0.05, 0.1) is 16.6 Å². The van der Waals surface area contributed by atoms with Crippen molar-refractivity contribution in [2.24, 2.45) is 0 Å². The summed E-state index contributed by atoms with van der Waals surface area (Å²) in [6.45, 7) is 2.01. The number of benzene rings is 2. The summed E-state index contributed by atoms with van der Waals surface area (Å²) in [5.41, 5.74) is 0.883. The summed E-state index contributed by atoms with van der Waals surface area (Å²) in [6, 6.07) is 10.9. The molecule has 1 atom stereocenters. The first-order valence-electron chi connectivity index (χ1n) is 7.03. The summed E-state index contributed by atoms with van der Waals surface area (Å²) < 4.78 is 26.4. The van der Waals surface area contributed by atoms with Gasteiger partial charge in [0.25, 0.3) is 5.91 Å². The van der Waals surface area contributed by atoms with E-state index in [9.17, 15) is 13.6 Å². The van der Waals surface area contributed by atoms with E-state index in [1.54, 1.807) is 0 Å². The Labute approximate surface area is 133 Å². The fourth-order valence-electron chi connectivity index (χ4n) is 2.23. The molecule has 0 aliphatic heterocycles. The van der Waals surface area contributed by atoms with E-state index in [0.717, 1.165) is 30.5 Å². The Morgan fingerprint density at radius 3 is 2.45 bits per heavy atom. The second-order valence-corrected chi connectivity index (χ2v) is 5.38. The maximum atomic E-state index is 13.3. The van der Waals surface area contributed by atoms with Crippen molar-refractivity contribution in [3.8, 4) is 0 Å². The molecule has 116 valence electrons. The molecule has 0 heterocycles. The van der Waals surface area contributed by atoms with E-state index in [1.807, 2.05) is 37.3 Å². The van der Waals surface area contributed by atoms with Gasteiger partial charge in [0, 0.05) is 0 Å². The first-order valence-corrected chi connectivity index (χ1v) is 7.41. The highest BCUT2D eigenvalue weighted by Gasteiger charge is 2.19. The summed E-state index contributed by atoms with van der Waals surface area (Å²) in [6.07, 6.45) is 1.60. The predicted octanol–water partition coefficient (Wildman–Crippen LogP) is 4.89. The van der Waals surface area contributed by atoms with Crippen LogP contribution < -0.4 is 5.32 Å². The van der Waals surface area contributed by atoms with E-state index in [2.05, 4.69) is 5.32 Å². The molecule has 2 aromatic carbocycles. The van der Waals surface area contributed by atoms with Crippen molar-refractivity contribution in [2.45, 2.75) is 25.8 Å². The van der Waals surface area contributed by atoms with Crippen molar-refractivity contribution >= 4 is 17.5 Å². The molecule has 2 rings (SSSR count). The molecule has 1 N–H and O–H groups in total. The van der Waals surface area contributed by atoms with Crippen molar-refractivity contribution in [3.63, 3.8) is 0 Å². The molecule has 0 aromatic heterocycles. The molecule has 1 unspecified atom stereocenters. The molecule has 0 aliphatic rings. The molecule has 5 heteroatoms. The summed E-state index contributed by atoms with van der Waals surface area (Å²) in [5, 5.41) is 2.71. The highest BCUT2D eigenvalue weighted by molar-refractivity contribution is 6.33. The van der Waals surface area contributed by atoms with Crippen LogP contribution in [0, 0.1) is 11.6 Å². The Morgan fingerprint density at radius 1 is 1.18 bits per heavy atom. The molecule has 2 nitrogen and oxygen atoms in total. The first kappa shape index (κ1) is 16.4. The zero-order chi connectivity index (χ0) is 16.1. The number of carbonyl (C=O) groups excluding carboxylic acids is 1. The number of nitrogens with one attached hydrogen (secondary N) is 1. The highest BCUT2D eigenvalue weighted by atomic mass is 35.5. The lowest BCUT2D eigenvalue weighted by Crippen LogP contribution is -2.29. The SMILES string of the molecule is CCCC(NC(=O)c1cc(F)c(F)cc1Cl)c1ccccc1. The van der Waals surface area contributed by atoms with Crippen LogP contribution in [0.25, 0.3) is 0 Å². The highest BCUT2D eigenvalue weighted by Crippen LogP contribution is 2.23. The Morgan fingerprint density at radius 2 is 1.82 bits per heavy atom. The normalized spacial score (nSPS) is 12.0. The first-order chi connectivity index (χ1) is 10.5. The minimum absolute atomic E-state index is 0.0717. The number of halogens is 3. The topological polar surface area (TPSA) is 29.1 Å². The maximum absolute atomic E-state index is 13.3. The van der Waals surface area contributed by atoms with E-state index in [1.165, 1.54) is 0 Å². The predicted molar refractivity (Wildman–Crippen MR) is 82.9 cm³/mol. The van der Waals surface area contributed by atoms with Gasteiger partial charge in [-0.2, -0.15) is 0 Å². The second kappa shape index (κ2) is 7.36. The van der Waals surface area contributed by atoms with Crippen molar-refractivity contribution in [1.29, 1.82) is 0 Å². The Balaban J connectivity index is 2.24. The summed E-state index contributed by atoms with van der Waals surface area (Å²) in [7, 11) is 0. The largest absolute Gasteiger partial charge is 0.345 e. The van der Waals surface area contributed by atoms with Crippen LogP contribution in [0.1, 0.15) is 41.7 Å². The monoisotopic (exact) mass is 323 g/mol. The fourth-order valence-corrected chi connectivity index (χ4v) is 2.46. The lowest BCUT2D eigenvalue weighted by molar-refractivity contribution is 0.0934. The average molecular weight is 324 g/mol. The number of amides is 1. The van der Waals surface area contributed by atoms with Crippen LogP contribution in [-0.2, 0) is 0 Å². The molecule has 0 saturated heterocycles. The fraction of sp³-hybridized carbons (Fsp3) is 0.235. The van der Waals surface area contributed by atoms with Crippen LogP contribution >= 0.6 is 11.6 Å². The molecule has 0 fully saturated rings. The molecule has 0 saturated carbocycles. The molecule has 0 aliphatic carbocycles. The zero-order valence-electron chi connectivity index (χ0n) is 12.1. The molecule has 0 bridgehead atoms. The van der Waals surface area contributed by atoms with Gasteiger partial charge in [-0.15, -0.1) is 0 Å². The lowest BCUT2D eigenvalue weighted by Gasteiger charge is -2.19. The van der Waals surface area contributed by atoms with Gasteiger partial charge in [-0.05, 0) is 24.1 Å². The van der Waals surface area contributed by atoms with E-state index >= 15 is 0 Å². The molecule has 22 heavy (non-hydrogen) atoms. The van der Waals surface area contributed by atoms with Crippen LogP contribution in [-0.4, -0.2) is 5.91 Å². The average Bonchev–Trinajstić information content (AvgIpc) is 2.51. The van der Waals surface area contributed by atoms with Gasteiger partial charge in [-0.25, -0.2) is 8.78 Å². The van der Waals surface area contributed by atoms with Crippen LogP contribution in [0.15, 0.2) is 42.5 Å². The van der Waals surface area contributed by atoms with Crippen LogP contribution in [0.5, 0.6) is 0 Å². The summed E-state index contributed by atoms with van der Waals surface area (Å²) >= 11 is 5.84. The quantitative estimate of drug-likeness (QED) is 0.780. The van der Waals surface area contributed by atoms with Gasteiger partial charge in [0.2, 0.25) is 0 Å². The van der Waals surface area contributed by atoms with E-state index in [-0.39, 0.29) is 16.6 Å². The molecule has 1 amide bonds. The summed E-state index contributed by atoms with van der Waals surface area (Å²) in [5.74, 6) is -2.69. The molecule has 0 spiro atoms. The lowest BCUT2D eigenvalue weighted by atomic mass is 10.0. The van der Waals surface area contributed by atoms with Crippen LogP contribution in [0.3, 0.4) is 0 Å². The molecular weight excluding hydrogens is 308 g/mol. The number of carbonyl (C=O) groups is 1. The molecule has 0 radical (unpaired) electrons. The smallest absolute Gasteiger partial charge is 0.253 e. The zero-order valence-corrected chi connectivity index (χ0v) is 12.8. The van der Waals surface area contributed by atoms with Crippen LogP contribution in [0.4, 0.5) is 8.78 Å². The third-order valence-electron chi connectivity index (χ3n) is 3.34. The number of rotatable bonds is 5. The van der Waals surface area contributed by atoms with Gasteiger partial charge in [-0.1, -0.05) is 55.3 Å². The molecular formula is C17H16ClF2NO. The van der Waals surface area contributed by atoms with E-state index in [0.29, 0.717) is 0 Å². The van der Waals surface area contributed by atoms with Crippen molar-refractivity contribution in [1.82, 2.24) is 5.32 Å². The molecule has 2 aromatic rings. The maximum Gasteiger partial charge on any atom is 0.253 e. The third kappa shape index (κ3) is 3.83. The van der Waals surface area contributed by atoms with Crippen molar-refractivity contribution < 1.29 is 13.6 Å². The second-order valence-electron chi connectivity index (χ2n) is 4.97. The van der Waals surface area contributed by atoms with E-state index in [4.69, 9.17) is 11.6 Å². The van der Waals surface area contributed by atoms with Crippen molar-refractivity contribution in [2.75, 3.05) is 0 Å². The number of hydrogen-bond donors (Lipinski definition) is 1. The van der Waals surface area contributed by atoms with Gasteiger partial charge in [0.1, 0.15) is 0 Å². The van der Waals surface area contributed by atoms with Gasteiger partial charge >= 0.3 is 0 Å². The Bertz CT molecular complexity index is 661. The standard InChI is InChI=1S/C17H16ClF2NO/c1-2-6-16(11-7-4-3-5-8-11)21-17(22)12-9-14(19)15(20)10-13(12)18/h3-5,7-10,16H,2,6H2,1H3,(H,21,22). The van der Waals surface area contributed by atoms with Gasteiger partial charge in [-0.3, -0.25) is 4.79 Å². The third-order valence-corrected chi connectivity index (χ3v) is 3.65. The summed E-state index contributed by atoms with van der Waals surface area (Å²) in [4.78, 5) is 12.3.